The van der Waals surface area contributed by atoms with Crippen molar-refractivity contribution >= 4 is 5.91 Å². The highest BCUT2D eigenvalue weighted by molar-refractivity contribution is 5.82. The molecule has 0 saturated carbocycles. The van der Waals surface area contributed by atoms with Gasteiger partial charge in [-0.3, -0.25) is 4.79 Å². The lowest BCUT2D eigenvalue weighted by Gasteiger charge is -2.27. The Kier molecular flexibility index (Phi) is 4.84. The van der Waals surface area contributed by atoms with Crippen LogP contribution < -0.4 is 11.1 Å². The van der Waals surface area contributed by atoms with Gasteiger partial charge in [0.25, 0.3) is 0 Å². The molecule has 0 aliphatic carbocycles. The van der Waals surface area contributed by atoms with Crippen molar-refractivity contribution in [3.05, 3.63) is 35.6 Å². The third kappa shape index (κ3) is 3.29. The SMILES string of the molecule is CCC(C)(CN)C(=O)N[C@@H](C)c1ccc(F)cc1. The Morgan fingerprint density at radius 2 is 2.00 bits per heavy atom. The van der Waals surface area contributed by atoms with Gasteiger partial charge in [-0.1, -0.05) is 19.1 Å². The number of hydrogen-bond donors (Lipinski definition) is 2. The van der Waals surface area contributed by atoms with Gasteiger partial charge in [-0.15, -0.1) is 0 Å². The van der Waals surface area contributed by atoms with E-state index < -0.39 is 5.41 Å². The molecule has 0 aromatic heterocycles. The van der Waals surface area contributed by atoms with E-state index in [1.54, 1.807) is 12.1 Å². The molecular formula is C14H21FN2O. The molecule has 0 saturated heterocycles. The summed E-state index contributed by atoms with van der Waals surface area (Å²) in [6.45, 7) is 5.97. The summed E-state index contributed by atoms with van der Waals surface area (Å²) in [7, 11) is 0. The maximum Gasteiger partial charge on any atom is 0.227 e. The smallest absolute Gasteiger partial charge is 0.227 e. The molecule has 1 amide bonds. The number of carbonyl (C=O) groups excluding carboxylic acids is 1. The molecule has 1 rings (SSSR count). The summed E-state index contributed by atoms with van der Waals surface area (Å²) in [5.41, 5.74) is 5.97. The lowest BCUT2D eigenvalue weighted by atomic mass is 9.86. The number of halogens is 1. The van der Waals surface area contributed by atoms with Crippen LogP contribution >= 0.6 is 0 Å². The molecule has 0 aliphatic rings. The number of hydrogen-bond acceptors (Lipinski definition) is 2. The summed E-state index contributed by atoms with van der Waals surface area (Å²) in [5.74, 6) is -0.345. The van der Waals surface area contributed by atoms with Crippen LogP contribution in [0.5, 0.6) is 0 Å². The van der Waals surface area contributed by atoms with Gasteiger partial charge in [0.05, 0.1) is 11.5 Å². The van der Waals surface area contributed by atoms with E-state index in [0.717, 1.165) is 5.56 Å². The highest BCUT2D eigenvalue weighted by Crippen LogP contribution is 2.21. The highest BCUT2D eigenvalue weighted by Gasteiger charge is 2.30. The fraction of sp³-hybridized carbons (Fsp3) is 0.500. The van der Waals surface area contributed by atoms with Crippen LogP contribution in [-0.2, 0) is 4.79 Å². The van der Waals surface area contributed by atoms with Gasteiger partial charge >= 0.3 is 0 Å². The molecule has 0 heterocycles. The van der Waals surface area contributed by atoms with Crippen LogP contribution in [0.1, 0.15) is 38.8 Å². The van der Waals surface area contributed by atoms with E-state index in [1.165, 1.54) is 12.1 Å². The van der Waals surface area contributed by atoms with E-state index in [0.29, 0.717) is 13.0 Å². The Balaban J connectivity index is 2.73. The molecule has 0 fully saturated rings. The van der Waals surface area contributed by atoms with E-state index in [1.807, 2.05) is 20.8 Å². The quantitative estimate of drug-likeness (QED) is 0.845. The molecule has 0 spiro atoms. The predicted octanol–water partition coefficient (Wildman–Crippen LogP) is 2.38. The van der Waals surface area contributed by atoms with Crippen LogP contribution in [-0.4, -0.2) is 12.5 Å². The normalized spacial score (nSPS) is 15.8. The summed E-state index contributed by atoms with van der Waals surface area (Å²) < 4.78 is 12.8. The minimum Gasteiger partial charge on any atom is -0.349 e. The van der Waals surface area contributed by atoms with Crippen molar-refractivity contribution in [3.8, 4) is 0 Å². The third-order valence-corrected chi connectivity index (χ3v) is 3.50. The molecule has 2 atom stereocenters. The lowest BCUT2D eigenvalue weighted by molar-refractivity contribution is -0.130. The lowest BCUT2D eigenvalue weighted by Crippen LogP contribution is -2.44. The van der Waals surface area contributed by atoms with Crippen LogP contribution in [0.2, 0.25) is 0 Å². The van der Waals surface area contributed by atoms with Crippen LogP contribution in [0.15, 0.2) is 24.3 Å². The van der Waals surface area contributed by atoms with Crippen molar-refractivity contribution in [2.24, 2.45) is 11.1 Å². The van der Waals surface area contributed by atoms with Crippen LogP contribution in [0.3, 0.4) is 0 Å². The Bertz CT molecular complexity index is 399. The van der Waals surface area contributed by atoms with Crippen molar-refractivity contribution < 1.29 is 9.18 Å². The van der Waals surface area contributed by atoms with E-state index >= 15 is 0 Å². The highest BCUT2D eigenvalue weighted by atomic mass is 19.1. The molecule has 4 heteroatoms. The zero-order valence-corrected chi connectivity index (χ0v) is 11.2. The molecular weight excluding hydrogens is 231 g/mol. The van der Waals surface area contributed by atoms with Gasteiger partial charge < -0.3 is 11.1 Å². The van der Waals surface area contributed by atoms with Crippen molar-refractivity contribution in [1.29, 1.82) is 0 Å². The zero-order valence-electron chi connectivity index (χ0n) is 11.2. The van der Waals surface area contributed by atoms with Crippen molar-refractivity contribution in [2.45, 2.75) is 33.2 Å². The first-order valence-electron chi connectivity index (χ1n) is 6.19. The number of rotatable bonds is 5. The second-order valence-electron chi connectivity index (χ2n) is 4.87. The van der Waals surface area contributed by atoms with Crippen molar-refractivity contribution in [1.82, 2.24) is 5.32 Å². The van der Waals surface area contributed by atoms with Gasteiger partial charge in [-0.25, -0.2) is 4.39 Å². The predicted molar refractivity (Wildman–Crippen MR) is 70.4 cm³/mol. The molecule has 100 valence electrons. The number of nitrogens with one attached hydrogen (secondary N) is 1. The Labute approximate surface area is 108 Å². The standard InChI is InChI=1S/C14H21FN2O/c1-4-14(3,9-16)13(18)17-10(2)11-5-7-12(15)8-6-11/h5-8,10H,4,9,16H2,1-3H3,(H,17,18)/t10-,14?/m0/s1. The monoisotopic (exact) mass is 252 g/mol. The van der Waals surface area contributed by atoms with Gasteiger partial charge in [0.2, 0.25) is 5.91 Å². The largest absolute Gasteiger partial charge is 0.349 e. The fourth-order valence-corrected chi connectivity index (χ4v) is 1.60. The second-order valence-corrected chi connectivity index (χ2v) is 4.87. The van der Waals surface area contributed by atoms with Crippen LogP contribution in [0.4, 0.5) is 4.39 Å². The molecule has 3 N–H and O–H groups in total. The molecule has 1 aromatic carbocycles. The molecule has 18 heavy (non-hydrogen) atoms. The van der Waals surface area contributed by atoms with Gasteiger partial charge in [0.1, 0.15) is 5.82 Å². The van der Waals surface area contributed by atoms with Gasteiger partial charge in [0.15, 0.2) is 0 Å². The summed E-state index contributed by atoms with van der Waals surface area (Å²) >= 11 is 0. The Hall–Kier alpha value is -1.42. The molecule has 0 bridgehead atoms. The van der Waals surface area contributed by atoms with E-state index in [9.17, 15) is 9.18 Å². The minimum absolute atomic E-state index is 0.0654. The Morgan fingerprint density at radius 1 is 1.44 bits per heavy atom. The summed E-state index contributed by atoms with van der Waals surface area (Å²) in [5, 5.41) is 2.92. The molecule has 1 unspecified atom stereocenters. The van der Waals surface area contributed by atoms with Gasteiger partial charge in [-0.2, -0.15) is 0 Å². The summed E-state index contributed by atoms with van der Waals surface area (Å²) in [6, 6.07) is 5.97. The second kappa shape index (κ2) is 5.96. The van der Waals surface area contributed by atoms with E-state index in [4.69, 9.17) is 5.73 Å². The first-order valence-corrected chi connectivity index (χ1v) is 6.19. The van der Waals surface area contributed by atoms with E-state index in [2.05, 4.69) is 5.32 Å². The number of carbonyl (C=O) groups is 1. The van der Waals surface area contributed by atoms with Crippen molar-refractivity contribution in [3.63, 3.8) is 0 Å². The van der Waals surface area contributed by atoms with Gasteiger partial charge in [-0.05, 0) is 38.0 Å². The number of benzene rings is 1. The topological polar surface area (TPSA) is 55.1 Å². The van der Waals surface area contributed by atoms with Gasteiger partial charge in [0, 0.05) is 6.54 Å². The first kappa shape index (κ1) is 14.6. The first-order chi connectivity index (χ1) is 8.42. The average molecular weight is 252 g/mol. The Morgan fingerprint density at radius 3 is 2.44 bits per heavy atom. The molecule has 1 aromatic rings. The maximum atomic E-state index is 12.8. The number of nitrogens with two attached hydrogens (primary N) is 1. The fourth-order valence-electron chi connectivity index (χ4n) is 1.60. The van der Waals surface area contributed by atoms with Crippen molar-refractivity contribution in [2.75, 3.05) is 6.54 Å². The zero-order chi connectivity index (χ0) is 13.8. The van der Waals surface area contributed by atoms with E-state index in [-0.39, 0.29) is 17.8 Å². The summed E-state index contributed by atoms with van der Waals surface area (Å²) in [4.78, 5) is 12.1. The summed E-state index contributed by atoms with van der Waals surface area (Å²) in [6.07, 6.45) is 0.686. The van der Waals surface area contributed by atoms with Crippen LogP contribution in [0, 0.1) is 11.2 Å². The minimum atomic E-state index is -0.547. The third-order valence-electron chi connectivity index (χ3n) is 3.50. The maximum absolute atomic E-state index is 12.8. The number of amides is 1. The molecule has 0 aliphatic heterocycles. The van der Waals surface area contributed by atoms with Crippen LogP contribution in [0.25, 0.3) is 0 Å². The average Bonchev–Trinajstić information content (AvgIpc) is 2.38. The molecule has 0 radical (unpaired) electrons. The molecule has 3 nitrogen and oxygen atoms in total.